The number of aliphatic hydroxyl groups excluding tert-OH is 2. The van der Waals surface area contributed by atoms with E-state index in [9.17, 15) is 29.9 Å². The van der Waals surface area contributed by atoms with E-state index in [-0.39, 0.29) is 62.9 Å². The van der Waals surface area contributed by atoms with Crippen LogP contribution in [0, 0.1) is 27.9 Å². The van der Waals surface area contributed by atoms with Gasteiger partial charge in [0.15, 0.2) is 0 Å². The highest BCUT2D eigenvalue weighted by atomic mass is 16.7. The third-order valence-electron chi connectivity index (χ3n) is 11.1. The molecule has 0 unspecified atom stereocenters. The van der Waals surface area contributed by atoms with Crippen molar-refractivity contribution >= 4 is 23.6 Å². The van der Waals surface area contributed by atoms with Crippen LogP contribution in [0.2, 0.25) is 0 Å². The molecule has 58 heavy (non-hydrogen) atoms. The fourth-order valence-electron chi connectivity index (χ4n) is 8.72. The van der Waals surface area contributed by atoms with Gasteiger partial charge in [-0.2, -0.15) is 0 Å². The van der Waals surface area contributed by atoms with Gasteiger partial charge in [-0.25, -0.2) is 9.59 Å². The number of nitrogens with zero attached hydrogens (tertiary/aromatic N) is 3. The van der Waals surface area contributed by atoms with Gasteiger partial charge in [0.2, 0.25) is 5.79 Å². The van der Waals surface area contributed by atoms with Gasteiger partial charge in [0, 0.05) is 56.3 Å². The summed E-state index contributed by atoms with van der Waals surface area (Å²) in [6, 6.07) is 10.6. The number of nitro groups is 1. The highest BCUT2D eigenvalue weighted by Gasteiger charge is 2.65. The van der Waals surface area contributed by atoms with Crippen molar-refractivity contribution in [3.05, 3.63) is 88.0 Å². The second-order valence-electron chi connectivity index (χ2n) is 14.8. The number of amides is 2. The molecule has 5 rings (SSSR count). The largest absolute Gasteiger partial charge is 0.459 e. The molecule has 2 aromatic rings. The Morgan fingerprint density at radius 1 is 1.09 bits per heavy atom. The number of rotatable bonds is 21. The maximum atomic E-state index is 14.0. The molecule has 0 saturated heterocycles. The molecule has 0 aromatic heterocycles. The summed E-state index contributed by atoms with van der Waals surface area (Å²) in [6.07, 6.45) is 7.79. The van der Waals surface area contributed by atoms with Gasteiger partial charge >= 0.3 is 12.2 Å². The van der Waals surface area contributed by atoms with Gasteiger partial charge in [0.1, 0.15) is 24.1 Å². The van der Waals surface area contributed by atoms with E-state index in [1.807, 2.05) is 13.0 Å². The van der Waals surface area contributed by atoms with Crippen molar-refractivity contribution in [1.29, 1.82) is 0 Å². The number of hydrogen-bond acceptors (Lipinski definition) is 12. The lowest BCUT2D eigenvalue weighted by molar-refractivity contribution is -0.384. The number of allylic oxidation sites excluding steroid dienone is 1. The van der Waals surface area contributed by atoms with E-state index in [2.05, 4.69) is 18.0 Å². The maximum Gasteiger partial charge on any atom is 0.412 e. The average molecular weight is 807 g/mol. The van der Waals surface area contributed by atoms with Gasteiger partial charge in [-0.05, 0) is 99.3 Å². The zero-order valence-corrected chi connectivity index (χ0v) is 33.8. The third kappa shape index (κ3) is 9.99. The fraction of sp³-hybridized carbons (Fsp3) is 0.558. The Labute approximate surface area is 340 Å². The van der Waals surface area contributed by atoms with Crippen molar-refractivity contribution in [3.8, 4) is 11.5 Å². The van der Waals surface area contributed by atoms with E-state index in [1.54, 1.807) is 49.1 Å². The highest BCUT2D eigenvalue weighted by molar-refractivity contribution is 6.03. The Bertz CT molecular complexity index is 1780. The van der Waals surface area contributed by atoms with Crippen LogP contribution in [0.15, 0.2) is 71.9 Å². The second kappa shape index (κ2) is 21.1. The van der Waals surface area contributed by atoms with Gasteiger partial charge in [0.05, 0.1) is 29.8 Å². The van der Waals surface area contributed by atoms with Crippen molar-refractivity contribution in [2.75, 3.05) is 39.5 Å². The first kappa shape index (κ1) is 44.1. The van der Waals surface area contributed by atoms with Crippen LogP contribution < -0.4 is 14.8 Å². The van der Waals surface area contributed by atoms with Gasteiger partial charge in [-0.1, -0.05) is 37.1 Å². The molecule has 1 heterocycles. The number of ether oxygens (including phenoxy) is 4. The van der Waals surface area contributed by atoms with E-state index in [4.69, 9.17) is 28.9 Å². The quantitative estimate of drug-likeness (QED) is 0.0493. The number of hydrogen-bond donors (Lipinski definition) is 3. The zero-order valence-electron chi connectivity index (χ0n) is 33.8. The lowest BCUT2D eigenvalue weighted by atomic mass is 9.55. The standard InChI is InChI=1S/C43H58N4O11/c1-5-21-46(42(51)54-8-4)38-27-36(45-56-28-29-15-17-31(18-16-29)47(52)53)34-25-30(13-9-11-22-48)33(14-10-12-23-49)39-35-26-32(57-41(50)44-7-3)19-20-37(35)58-43(38,40(34)39)55-24-6-2/h6,15-20,25-26,30,33,38-40,48-49H,2,5,7-14,21-24,27-28H2,1,3-4H3,(H,44,50)/t30-,33+,38-,39+,40+,43+/m0/s1. The maximum absolute atomic E-state index is 14.0. The Morgan fingerprint density at radius 3 is 2.48 bits per heavy atom. The smallest absolute Gasteiger partial charge is 0.412 e. The monoisotopic (exact) mass is 806 g/mol. The summed E-state index contributed by atoms with van der Waals surface area (Å²) in [4.78, 5) is 45.2. The first-order valence-corrected chi connectivity index (χ1v) is 20.5. The SMILES string of the molecule is C=CCO[C@@]12Oc3ccc(OC(=O)NCC)cc3[C@H]3[C@H](CCCCO)[C@@H](CCCCO)C=C(C(=NOCc4ccc([N+](=O)[O-])cc4)C[C@@H]1N(CCC)C(=O)OCC)[C@H]32. The molecule has 3 aliphatic rings. The number of nitrogens with one attached hydrogen (secondary N) is 1. The predicted octanol–water partition coefficient (Wildman–Crippen LogP) is 7.41. The predicted molar refractivity (Wildman–Crippen MR) is 217 cm³/mol. The lowest BCUT2D eigenvalue weighted by Crippen LogP contribution is -2.70. The van der Waals surface area contributed by atoms with Crippen LogP contribution in [-0.4, -0.2) is 89.3 Å². The number of fused-ring (bicyclic) bond motifs is 2. The number of unbranched alkanes of at least 4 members (excludes halogenated alkanes) is 2. The molecule has 0 spiro atoms. The molecule has 0 bridgehead atoms. The van der Waals surface area contributed by atoms with Crippen molar-refractivity contribution in [3.63, 3.8) is 0 Å². The number of oxime groups is 1. The molecule has 316 valence electrons. The summed E-state index contributed by atoms with van der Waals surface area (Å²) in [7, 11) is 0. The molecule has 6 atom stereocenters. The summed E-state index contributed by atoms with van der Waals surface area (Å²) in [5.74, 6) is -1.54. The first-order chi connectivity index (χ1) is 28.2. The molecule has 3 N–H and O–H groups in total. The number of carbonyl (C=O) groups excluding carboxylic acids is 2. The molecule has 2 aliphatic carbocycles. The fourth-order valence-corrected chi connectivity index (χ4v) is 8.72. The minimum atomic E-state index is -1.47. The summed E-state index contributed by atoms with van der Waals surface area (Å²) in [5.41, 5.74) is 2.88. The minimum Gasteiger partial charge on any atom is -0.459 e. The number of carbonyl (C=O) groups is 2. The molecule has 1 aliphatic heterocycles. The second-order valence-corrected chi connectivity index (χ2v) is 14.8. The van der Waals surface area contributed by atoms with Crippen LogP contribution in [0.25, 0.3) is 0 Å². The highest BCUT2D eigenvalue weighted by Crippen LogP contribution is 2.62. The van der Waals surface area contributed by atoms with Crippen LogP contribution in [0.5, 0.6) is 11.5 Å². The van der Waals surface area contributed by atoms with Gasteiger partial charge in [-0.3, -0.25) is 15.0 Å². The zero-order chi connectivity index (χ0) is 41.7. The molecule has 1 fully saturated rings. The van der Waals surface area contributed by atoms with E-state index in [1.165, 1.54) is 12.1 Å². The van der Waals surface area contributed by atoms with Gasteiger partial charge in [-0.15, -0.1) is 6.58 Å². The topological polar surface area (TPSA) is 192 Å². The molecule has 0 radical (unpaired) electrons. The van der Waals surface area contributed by atoms with E-state index in [0.29, 0.717) is 55.1 Å². The third-order valence-corrected chi connectivity index (χ3v) is 11.1. The molecule has 2 aromatic carbocycles. The first-order valence-electron chi connectivity index (χ1n) is 20.5. The number of nitro benzene ring substituents is 1. The number of aliphatic hydroxyl groups is 2. The van der Waals surface area contributed by atoms with Crippen molar-refractivity contribution in [1.82, 2.24) is 10.2 Å². The van der Waals surface area contributed by atoms with Crippen LogP contribution in [0.1, 0.15) is 89.2 Å². The van der Waals surface area contributed by atoms with Crippen LogP contribution >= 0.6 is 0 Å². The summed E-state index contributed by atoms with van der Waals surface area (Å²) in [6.45, 7) is 10.6. The Balaban J connectivity index is 1.75. The van der Waals surface area contributed by atoms with Gasteiger partial charge in [0.25, 0.3) is 5.69 Å². The van der Waals surface area contributed by atoms with Crippen LogP contribution in [0.3, 0.4) is 0 Å². The average Bonchev–Trinajstić information content (AvgIpc) is 3.21. The minimum absolute atomic E-state index is 0.00858. The molecule has 1 saturated carbocycles. The lowest BCUT2D eigenvalue weighted by Gasteiger charge is -2.59. The summed E-state index contributed by atoms with van der Waals surface area (Å²) >= 11 is 0. The van der Waals surface area contributed by atoms with E-state index < -0.39 is 34.9 Å². The Hall–Kier alpha value is -4.99. The van der Waals surface area contributed by atoms with Crippen LogP contribution in [-0.2, 0) is 20.9 Å². The molecular weight excluding hydrogens is 748 g/mol. The van der Waals surface area contributed by atoms with E-state index >= 15 is 0 Å². The van der Waals surface area contributed by atoms with Crippen LogP contribution in [0.4, 0.5) is 15.3 Å². The Kier molecular flexibility index (Phi) is 16.1. The normalized spacial score (nSPS) is 23.7. The molecule has 2 amide bonds. The Morgan fingerprint density at radius 2 is 1.83 bits per heavy atom. The number of benzene rings is 2. The van der Waals surface area contributed by atoms with E-state index in [0.717, 1.165) is 36.8 Å². The molecule has 15 heteroatoms. The van der Waals surface area contributed by atoms with Crippen molar-refractivity contribution in [2.45, 2.75) is 96.5 Å². The van der Waals surface area contributed by atoms with Crippen molar-refractivity contribution in [2.24, 2.45) is 22.9 Å². The van der Waals surface area contributed by atoms with Crippen molar-refractivity contribution < 1.29 is 48.5 Å². The van der Waals surface area contributed by atoms with Gasteiger partial charge < -0.3 is 39.3 Å². The number of non-ortho nitro benzene ring substituents is 1. The molecule has 15 nitrogen and oxygen atoms in total. The summed E-state index contributed by atoms with van der Waals surface area (Å²) < 4.78 is 25.5. The molecular formula is C43H58N4O11. The summed E-state index contributed by atoms with van der Waals surface area (Å²) in [5, 5.41) is 38.4.